The summed E-state index contributed by atoms with van der Waals surface area (Å²) in [6.45, 7) is 2.72. The molecule has 31 heavy (non-hydrogen) atoms. The van der Waals surface area contributed by atoms with Crippen molar-refractivity contribution in [3.8, 4) is 0 Å². The predicted octanol–water partition coefficient (Wildman–Crippen LogP) is 5.24. The van der Waals surface area contributed by atoms with Crippen LogP contribution in [0.15, 0.2) is 48.5 Å². The zero-order valence-electron chi connectivity index (χ0n) is 17.5. The van der Waals surface area contributed by atoms with Crippen molar-refractivity contribution < 1.29 is 13.6 Å². The zero-order valence-corrected chi connectivity index (χ0v) is 18.3. The first-order valence-corrected chi connectivity index (χ1v) is 10.9. The molecule has 2 aromatic rings. The van der Waals surface area contributed by atoms with Gasteiger partial charge in [0.15, 0.2) is 0 Å². The summed E-state index contributed by atoms with van der Waals surface area (Å²) in [4.78, 5) is 14.6. The highest BCUT2D eigenvalue weighted by atomic mass is 35.5. The predicted molar refractivity (Wildman–Crippen MR) is 122 cm³/mol. The van der Waals surface area contributed by atoms with Crippen LogP contribution in [0.1, 0.15) is 31.2 Å². The standard InChI is InChI=1S/C24H29F2N3O.ClH/c25-20-5-2-17(3-6-20)14-19-15-18-4-11-23(19)29(16-18)13-1-12-27-24(30)28-22-9-7-21(26)8-10-22;/h2-3,5-10,18-19,23H,1,4,11-16H2,(H2,27,28,30);1H/t18-,19+,23-;/m1./s1. The van der Waals surface area contributed by atoms with Crippen molar-refractivity contribution in [1.29, 1.82) is 0 Å². The third-order valence-electron chi connectivity index (χ3n) is 6.43. The van der Waals surface area contributed by atoms with Crippen LogP contribution in [0.2, 0.25) is 0 Å². The fraction of sp³-hybridized carbons (Fsp3) is 0.458. The van der Waals surface area contributed by atoms with Crippen molar-refractivity contribution in [3.05, 3.63) is 65.7 Å². The Morgan fingerprint density at radius 2 is 1.68 bits per heavy atom. The van der Waals surface area contributed by atoms with E-state index in [1.54, 1.807) is 24.3 Å². The molecule has 2 heterocycles. The summed E-state index contributed by atoms with van der Waals surface area (Å²) in [5, 5.41) is 5.60. The average molecular weight is 450 g/mol. The highest BCUT2D eigenvalue weighted by Gasteiger charge is 2.40. The number of hydrogen-bond acceptors (Lipinski definition) is 2. The molecule has 0 unspecified atom stereocenters. The lowest BCUT2D eigenvalue weighted by Gasteiger charge is -2.50. The first-order chi connectivity index (χ1) is 14.6. The molecule has 2 N–H and O–H groups in total. The number of fused-ring (bicyclic) bond motifs is 3. The van der Waals surface area contributed by atoms with Crippen molar-refractivity contribution in [2.75, 3.05) is 25.0 Å². The average Bonchev–Trinajstić information content (AvgIpc) is 2.75. The highest BCUT2D eigenvalue weighted by Crippen LogP contribution is 2.40. The molecule has 3 aliphatic rings. The second-order valence-corrected chi connectivity index (χ2v) is 8.57. The van der Waals surface area contributed by atoms with Crippen LogP contribution >= 0.6 is 12.4 Å². The van der Waals surface area contributed by atoms with Gasteiger partial charge in [-0.15, -0.1) is 12.4 Å². The summed E-state index contributed by atoms with van der Waals surface area (Å²) >= 11 is 0. The molecule has 2 amide bonds. The van der Waals surface area contributed by atoms with Crippen LogP contribution in [0.25, 0.3) is 0 Å². The fourth-order valence-electron chi connectivity index (χ4n) is 5.05. The third kappa shape index (κ3) is 6.40. The molecule has 0 radical (unpaired) electrons. The van der Waals surface area contributed by atoms with E-state index in [9.17, 15) is 13.6 Å². The molecule has 168 valence electrons. The smallest absolute Gasteiger partial charge is 0.319 e. The highest BCUT2D eigenvalue weighted by molar-refractivity contribution is 5.89. The van der Waals surface area contributed by atoms with Gasteiger partial charge in [0, 0.05) is 31.4 Å². The summed E-state index contributed by atoms with van der Waals surface area (Å²) in [5.41, 5.74) is 1.79. The van der Waals surface area contributed by atoms with E-state index in [-0.39, 0.29) is 30.1 Å². The number of urea groups is 1. The van der Waals surface area contributed by atoms with Crippen molar-refractivity contribution in [2.24, 2.45) is 11.8 Å². The molecule has 3 fully saturated rings. The molecular weight excluding hydrogens is 420 g/mol. The van der Waals surface area contributed by atoms with Gasteiger partial charge >= 0.3 is 6.03 Å². The lowest BCUT2D eigenvalue weighted by molar-refractivity contribution is 0.000976. The van der Waals surface area contributed by atoms with Crippen LogP contribution in [-0.2, 0) is 6.42 Å². The van der Waals surface area contributed by atoms with Crippen LogP contribution in [0.5, 0.6) is 0 Å². The van der Waals surface area contributed by atoms with Gasteiger partial charge in [0.25, 0.3) is 0 Å². The van der Waals surface area contributed by atoms with Crippen LogP contribution in [-0.4, -0.2) is 36.6 Å². The van der Waals surface area contributed by atoms with Crippen molar-refractivity contribution in [1.82, 2.24) is 10.2 Å². The second-order valence-electron chi connectivity index (χ2n) is 8.57. The molecule has 4 nitrogen and oxygen atoms in total. The number of piperidine rings is 2. The Bertz CT molecular complexity index is 847. The Labute approximate surface area is 188 Å². The summed E-state index contributed by atoms with van der Waals surface area (Å²) in [6.07, 6.45) is 5.70. The van der Waals surface area contributed by atoms with Gasteiger partial charge in [-0.1, -0.05) is 12.1 Å². The molecule has 1 saturated carbocycles. The molecule has 2 bridgehead atoms. The number of rotatable bonds is 7. The fourth-order valence-corrected chi connectivity index (χ4v) is 5.05. The second kappa shape index (κ2) is 10.9. The minimum atomic E-state index is -0.325. The summed E-state index contributed by atoms with van der Waals surface area (Å²) in [5.74, 6) is 0.865. The van der Waals surface area contributed by atoms with Gasteiger partial charge in [0.05, 0.1) is 0 Å². The van der Waals surface area contributed by atoms with E-state index in [1.165, 1.54) is 37.0 Å². The molecular formula is C24H30ClF2N3O. The molecule has 0 aromatic heterocycles. The lowest BCUT2D eigenvalue weighted by atomic mass is 9.70. The largest absolute Gasteiger partial charge is 0.338 e. The van der Waals surface area contributed by atoms with Gasteiger partial charge in [-0.2, -0.15) is 0 Å². The number of hydrogen-bond donors (Lipinski definition) is 2. The normalized spacial score (nSPS) is 22.6. The Kier molecular flexibility index (Phi) is 8.27. The third-order valence-corrected chi connectivity index (χ3v) is 6.43. The first kappa shape index (κ1) is 23.5. The number of nitrogens with zero attached hydrogens (tertiary/aromatic N) is 1. The van der Waals surface area contributed by atoms with Gasteiger partial charge in [0.1, 0.15) is 11.6 Å². The Morgan fingerprint density at radius 1 is 1.00 bits per heavy atom. The minimum Gasteiger partial charge on any atom is -0.338 e. The SMILES string of the molecule is Cl.O=C(NCCCN1C[C@@H]2CC[C@@H]1[C@@H](Cc1ccc(F)cc1)C2)Nc1ccc(F)cc1. The quantitative estimate of drug-likeness (QED) is 0.567. The molecule has 7 heteroatoms. The molecule has 0 spiro atoms. The molecule has 2 aliphatic heterocycles. The maximum Gasteiger partial charge on any atom is 0.319 e. The van der Waals surface area contributed by atoms with Crippen molar-refractivity contribution in [3.63, 3.8) is 0 Å². The van der Waals surface area contributed by atoms with Gasteiger partial charge in [-0.25, -0.2) is 13.6 Å². The van der Waals surface area contributed by atoms with Gasteiger partial charge < -0.3 is 10.6 Å². The maximum atomic E-state index is 13.2. The number of benzene rings is 2. The topological polar surface area (TPSA) is 44.4 Å². The number of carbonyl (C=O) groups is 1. The van der Waals surface area contributed by atoms with Crippen LogP contribution in [0, 0.1) is 23.5 Å². The minimum absolute atomic E-state index is 0. The van der Waals surface area contributed by atoms with E-state index in [2.05, 4.69) is 15.5 Å². The van der Waals surface area contributed by atoms with Crippen LogP contribution < -0.4 is 10.6 Å². The summed E-state index contributed by atoms with van der Waals surface area (Å²) < 4.78 is 26.1. The van der Waals surface area contributed by atoms with Crippen LogP contribution in [0.4, 0.5) is 19.3 Å². The molecule has 3 atom stereocenters. The van der Waals surface area contributed by atoms with Crippen molar-refractivity contribution >= 4 is 24.1 Å². The lowest BCUT2D eigenvalue weighted by Crippen LogP contribution is -2.54. The van der Waals surface area contributed by atoms with Gasteiger partial charge in [0.2, 0.25) is 0 Å². The first-order valence-electron chi connectivity index (χ1n) is 10.9. The summed E-state index contributed by atoms with van der Waals surface area (Å²) in [7, 11) is 0. The maximum absolute atomic E-state index is 13.2. The zero-order chi connectivity index (χ0) is 20.9. The van der Waals surface area contributed by atoms with Gasteiger partial charge in [-0.05, 0) is 85.9 Å². The number of amides is 2. The summed E-state index contributed by atoms with van der Waals surface area (Å²) in [6, 6.07) is 13.0. The van der Waals surface area contributed by atoms with E-state index in [0.717, 1.165) is 31.8 Å². The Hall–Kier alpha value is -2.18. The van der Waals surface area contributed by atoms with Crippen LogP contribution in [0.3, 0.4) is 0 Å². The van der Waals surface area contributed by atoms with Gasteiger partial charge in [-0.3, -0.25) is 4.90 Å². The monoisotopic (exact) mass is 449 g/mol. The van der Waals surface area contributed by atoms with E-state index in [4.69, 9.17) is 0 Å². The Balaban J connectivity index is 0.00000272. The Morgan fingerprint density at radius 3 is 2.35 bits per heavy atom. The van der Waals surface area contributed by atoms with E-state index in [1.807, 2.05) is 12.1 Å². The molecule has 2 saturated heterocycles. The van der Waals surface area contributed by atoms with Crippen molar-refractivity contribution in [2.45, 2.75) is 38.1 Å². The molecule has 1 aliphatic carbocycles. The number of halogens is 3. The molecule has 5 rings (SSSR count). The van der Waals surface area contributed by atoms with E-state index < -0.39 is 0 Å². The van der Waals surface area contributed by atoms with E-state index >= 15 is 0 Å². The van der Waals surface area contributed by atoms with E-state index in [0.29, 0.717) is 24.2 Å². The molecule has 2 aromatic carbocycles. The number of anilines is 1. The number of carbonyl (C=O) groups excluding carboxylic acids is 1. The number of nitrogens with one attached hydrogen (secondary N) is 2.